The first-order chi connectivity index (χ1) is 9.11. The third-order valence-corrected chi connectivity index (χ3v) is 2.23. The lowest BCUT2D eigenvalue weighted by atomic mass is 10.2. The van der Waals surface area contributed by atoms with E-state index in [0.29, 0.717) is 18.6 Å². The summed E-state index contributed by atoms with van der Waals surface area (Å²) in [6, 6.07) is 7.02. The van der Waals surface area contributed by atoms with Crippen molar-refractivity contribution >= 4 is 18.0 Å². The molecule has 1 amide bonds. The lowest BCUT2D eigenvalue weighted by molar-refractivity contribution is -0.134. The first kappa shape index (κ1) is 14.7. The molecule has 1 N–H and O–H groups in total. The van der Waals surface area contributed by atoms with Crippen LogP contribution in [0.2, 0.25) is 0 Å². The highest BCUT2D eigenvalue weighted by Crippen LogP contribution is 2.14. The molecule has 1 rings (SSSR count). The van der Waals surface area contributed by atoms with E-state index in [0.717, 1.165) is 5.56 Å². The molecule has 0 saturated heterocycles. The Kier molecular flexibility index (Phi) is 6.09. The summed E-state index contributed by atoms with van der Waals surface area (Å²) in [6.45, 7) is 4.99. The Labute approximate surface area is 112 Å². The van der Waals surface area contributed by atoms with Gasteiger partial charge in [-0.3, -0.25) is 9.59 Å². The van der Waals surface area contributed by atoms with Gasteiger partial charge in [0, 0.05) is 19.5 Å². The van der Waals surface area contributed by atoms with Gasteiger partial charge in [-0.1, -0.05) is 18.2 Å². The molecule has 0 aliphatic carbocycles. The second kappa shape index (κ2) is 7.87. The Morgan fingerprint density at radius 2 is 2.00 bits per heavy atom. The molecule has 100 valence electrons. The Morgan fingerprint density at radius 1 is 1.32 bits per heavy atom. The third-order valence-electron chi connectivity index (χ3n) is 2.23. The number of rotatable bonds is 6. The zero-order valence-electron chi connectivity index (χ0n) is 10.9. The highest BCUT2D eigenvalue weighted by molar-refractivity contribution is 5.75. The molecular formula is C15H17NO3. The topological polar surface area (TPSA) is 55.4 Å². The maximum absolute atomic E-state index is 11.4. The van der Waals surface area contributed by atoms with Crippen LogP contribution in [0.15, 0.2) is 43.1 Å². The Balaban J connectivity index is 2.51. The average Bonchev–Trinajstić information content (AvgIpc) is 2.38. The van der Waals surface area contributed by atoms with Crippen LogP contribution in [0, 0.1) is 0 Å². The van der Waals surface area contributed by atoms with Crippen LogP contribution in [0.25, 0.3) is 6.08 Å². The van der Waals surface area contributed by atoms with Crippen molar-refractivity contribution in [3.8, 4) is 5.75 Å². The highest BCUT2D eigenvalue weighted by Gasteiger charge is 2.02. The molecule has 0 radical (unpaired) electrons. The maximum Gasteiger partial charge on any atom is 0.311 e. The van der Waals surface area contributed by atoms with Gasteiger partial charge < -0.3 is 10.1 Å². The molecule has 0 aromatic heterocycles. The van der Waals surface area contributed by atoms with E-state index in [2.05, 4.69) is 11.9 Å². The van der Waals surface area contributed by atoms with Crippen LogP contribution in [-0.4, -0.2) is 11.9 Å². The fraction of sp³-hybridized carbons (Fsp3) is 0.200. The van der Waals surface area contributed by atoms with Crippen molar-refractivity contribution in [1.82, 2.24) is 5.32 Å². The zero-order valence-corrected chi connectivity index (χ0v) is 10.9. The van der Waals surface area contributed by atoms with Crippen LogP contribution in [0.5, 0.6) is 5.75 Å². The molecule has 4 heteroatoms. The second-order valence-electron chi connectivity index (χ2n) is 3.90. The van der Waals surface area contributed by atoms with E-state index in [1.807, 2.05) is 0 Å². The minimum absolute atomic E-state index is 0.121. The summed E-state index contributed by atoms with van der Waals surface area (Å²) in [5.41, 5.74) is 0.902. The number of carbonyl (C=O) groups excluding carboxylic acids is 2. The van der Waals surface area contributed by atoms with Crippen LogP contribution >= 0.6 is 0 Å². The van der Waals surface area contributed by atoms with Gasteiger partial charge in [-0.05, 0) is 30.2 Å². The first-order valence-electron chi connectivity index (χ1n) is 5.97. The van der Waals surface area contributed by atoms with Gasteiger partial charge in [0.25, 0.3) is 0 Å². The van der Waals surface area contributed by atoms with E-state index < -0.39 is 0 Å². The van der Waals surface area contributed by atoms with Gasteiger partial charge >= 0.3 is 5.97 Å². The van der Waals surface area contributed by atoms with Crippen molar-refractivity contribution < 1.29 is 14.3 Å². The standard InChI is InChI=1S/C15H17NO3/c1-3-4-5-15(18)19-14-8-6-13(7-9-14)10-11-16-12(2)17/h3,6-11H,1,4-5H2,2H3,(H,16,17). The summed E-state index contributed by atoms with van der Waals surface area (Å²) in [6.07, 6.45) is 5.93. The fourth-order valence-electron chi connectivity index (χ4n) is 1.30. The number of benzene rings is 1. The van der Waals surface area contributed by atoms with Gasteiger partial charge in [0.15, 0.2) is 0 Å². The largest absolute Gasteiger partial charge is 0.427 e. The predicted molar refractivity (Wildman–Crippen MR) is 74.4 cm³/mol. The van der Waals surface area contributed by atoms with Crippen molar-refractivity contribution in [3.63, 3.8) is 0 Å². The van der Waals surface area contributed by atoms with Gasteiger partial charge in [-0.25, -0.2) is 0 Å². The summed E-state index contributed by atoms with van der Waals surface area (Å²) in [5, 5.41) is 2.55. The molecule has 1 aromatic rings. The molecular weight excluding hydrogens is 242 g/mol. The molecule has 0 atom stereocenters. The number of amides is 1. The van der Waals surface area contributed by atoms with Crippen LogP contribution in [0.4, 0.5) is 0 Å². The summed E-state index contributed by atoms with van der Waals surface area (Å²) in [7, 11) is 0. The van der Waals surface area contributed by atoms with Crippen molar-refractivity contribution in [2.24, 2.45) is 0 Å². The Bertz CT molecular complexity index is 475. The molecule has 0 aliphatic heterocycles. The molecule has 19 heavy (non-hydrogen) atoms. The smallest absolute Gasteiger partial charge is 0.311 e. The molecule has 0 bridgehead atoms. The third kappa shape index (κ3) is 6.21. The number of ether oxygens (including phenoxy) is 1. The van der Waals surface area contributed by atoms with Crippen molar-refractivity contribution in [2.75, 3.05) is 0 Å². The minimum atomic E-state index is -0.276. The van der Waals surface area contributed by atoms with Gasteiger partial charge in [0.2, 0.25) is 5.91 Å². The van der Waals surface area contributed by atoms with E-state index in [-0.39, 0.29) is 11.9 Å². The Morgan fingerprint density at radius 3 is 2.58 bits per heavy atom. The van der Waals surface area contributed by atoms with Gasteiger partial charge in [-0.15, -0.1) is 6.58 Å². The van der Waals surface area contributed by atoms with Crippen LogP contribution in [0.3, 0.4) is 0 Å². The summed E-state index contributed by atoms with van der Waals surface area (Å²) < 4.78 is 5.13. The first-order valence-corrected chi connectivity index (χ1v) is 5.97. The number of nitrogens with one attached hydrogen (secondary N) is 1. The molecule has 0 saturated carbocycles. The van der Waals surface area contributed by atoms with Crippen LogP contribution < -0.4 is 10.1 Å². The minimum Gasteiger partial charge on any atom is -0.427 e. The number of esters is 1. The van der Waals surface area contributed by atoms with Crippen molar-refractivity contribution in [3.05, 3.63) is 48.7 Å². The van der Waals surface area contributed by atoms with E-state index in [4.69, 9.17) is 4.74 Å². The quantitative estimate of drug-likeness (QED) is 0.485. The van der Waals surface area contributed by atoms with Crippen molar-refractivity contribution in [1.29, 1.82) is 0 Å². The summed E-state index contributed by atoms with van der Waals surface area (Å²) in [5.74, 6) is 0.108. The zero-order chi connectivity index (χ0) is 14.1. The molecule has 4 nitrogen and oxygen atoms in total. The van der Waals surface area contributed by atoms with E-state index in [1.165, 1.54) is 6.92 Å². The molecule has 0 aliphatic rings. The molecule has 0 spiro atoms. The number of hydrogen-bond acceptors (Lipinski definition) is 3. The fourth-order valence-corrected chi connectivity index (χ4v) is 1.30. The van der Waals surface area contributed by atoms with Crippen molar-refractivity contribution in [2.45, 2.75) is 19.8 Å². The van der Waals surface area contributed by atoms with Gasteiger partial charge in [-0.2, -0.15) is 0 Å². The van der Waals surface area contributed by atoms with Gasteiger partial charge in [0.1, 0.15) is 5.75 Å². The van der Waals surface area contributed by atoms with E-state index >= 15 is 0 Å². The van der Waals surface area contributed by atoms with E-state index in [9.17, 15) is 9.59 Å². The number of allylic oxidation sites excluding steroid dienone is 1. The lowest BCUT2D eigenvalue weighted by Gasteiger charge is -2.03. The Hall–Kier alpha value is -2.36. The summed E-state index contributed by atoms with van der Waals surface area (Å²) in [4.78, 5) is 22.0. The second-order valence-corrected chi connectivity index (χ2v) is 3.90. The van der Waals surface area contributed by atoms with E-state index in [1.54, 1.807) is 42.6 Å². The highest BCUT2D eigenvalue weighted by atomic mass is 16.5. The monoisotopic (exact) mass is 259 g/mol. The van der Waals surface area contributed by atoms with Crippen LogP contribution in [-0.2, 0) is 9.59 Å². The molecule has 1 aromatic carbocycles. The average molecular weight is 259 g/mol. The van der Waals surface area contributed by atoms with Crippen LogP contribution in [0.1, 0.15) is 25.3 Å². The SMILES string of the molecule is C=CCCC(=O)Oc1ccc(C=CNC(C)=O)cc1. The number of hydrogen-bond donors (Lipinski definition) is 1. The molecule has 0 heterocycles. The summed E-state index contributed by atoms with van der Waals surface area (Å²) >= 11 is 0. The predicted octanol–water partition coefficient (Wildman–Crippen LogP) is 2.67. The molecule has 0 fully saturated rings. The maximum atomic E-state index is 11.4. The lowest BCUT2D eigenvalue weighted by Crippen LogP contribution is -2.11. The van der Waals surface area contributed by atoms with Gasteiger partial charge in [0.05, 0.1) is 0 Å². The normalized spacial score (nSPS) is 10.2. The number of carbonyl (C=O) groups is 2. The molecule has 0 unspecified atom stereocenters.